The molecular weight excluding hydrogens is 422 g/mol. The summed E-state index contributed by atoms with van der Waals surface area (Å²) in [7, 11) is -3.64. The van der Waals surface area contributed by atoms with Gasteiger partial charge in [-0.3, -0.25) is 14.7 Å². The van der Waals surface area contributed by atoms with Crippen LogP contribution < -0.4 is 0 Å². The number of nitrogens with zero attached hydrogens (tertiary/aromatic N) is 3. The summed E-state index contributed by atoms with van der Waals surface area (Å²) < 4.78 is 32.6. The first-order valence-electron chi connectivity index (χ1n) is 10.7. The van der Waals surface area contributed by atoms with Crippen LogP contribution in [0.1, 0.15) is 49.4 Å². The smallest absolute Gasteiger partial charge is 0.259 e. The number of hydrogen-bond donors (Lipinski definition) is 0. The second kappa shape index (κ2) is 9.38. The molecule has 1 amide bonds. The maximum atomic E-state index is 13.3. The third-order valence-corrected chi connectivity index (χ3v) is 8.76. The van der Waals surface area contributed by atoms with Crippen LogP contribution in [0.3, 0.4) is 0 Å². The average Bonchev–Trinajstić information content (AvgIpc) is 3.14. The molecule has 1 atom stereocenters. The van der Waals surface area contributed by atoms with Gasteiger partial charge in [-0.1, -0.05) is 44.0 Å². The minimum atomic E-state index is -3.64. The van der Waals surface area contributed by atoms with Crippen molar-refractivity contribution in [3.05, 3.63) is 29.8 Å². The molecular formula is C21H29N3O4S2. The Morgan fingerprint density at radius 3 is 2.63 bits per heavy atom. The van der Waals surface area contributed by atoms with E-state index in [9.17, 15) is 13.2 Å². The first-order chi connectivity index (χ1) is 14.4. The van der Waals surface area contributed by atoms with Crippen molar-refractivity contribution in [1.82, 2.24) is 9.21 Å². The molecule has 7 nitrogen and oxygen atoms in total. The fraction of sp³-hybridized carbons (Fsp3) is 0.619. The Morgan fingerprint density at radius 1 is 1.17 bits per heavy atom. The molecule has 0 N–H and O–H groups in total. The summed E-state index contributed by atoms with van der Waals surface area (Å²) in [4.78, 5) is 20.1. The zero-order valence-corrected chi connectivity index (χ0v) is 19.0. The topological polar surface area (TPSA) is 79.3 Å². The Balaban J connectivity index is 1.56. The molecule has 2 saturated heterocycles. The molecule has 2 heterocycles. The quantitative estimate of drug-likeness (QED) is 0.703. The van der Waals surface area contributed by atoms with Crippen molar-refractivity contribution in [2.45, 2.75) is 55.2 Å². The molecule has 1 aromatic rings. The maximum absolute atomic E-state index is 13.3. The predicted molar refractivity (Wildman–Crippen MR) is 118 cm³/mol. The Bertz CT molecular complexity index is 907. The van der Waals surface area contributed by atoms with E-state index < -0.39 is 10.0 Å². The average molecular weight is 452 g/mol. The number of benzene rings is 1. The van der Waals surface area contributed by atoms with Gasteiger partial charge in [0.25, 0.3) is 5.91 Å². The number of sulfonamides is 1. The minimum absolute atomic E-state index is 0.154. The molecule has 3 aliphatic rings. The molecule has 1 unspecified atom stereocenters. The highest BCUT2D eigenvalue weighted by Gasteiger charge is 2.33. The normalized spacial score (nSPS) is 25.7. The van der Waals surface area contributed by atoms with Crippen LogP contribution in [0.5, 0.6) is 0 Å². The van der Waals surface area contributed by atoms with Crippen molar-refractivity contribution in [3.63, 3.8) is 0 Å². The highest BCUT2D eigenvalue weighted by molar-refractivity contribution is 8.14. The maximum Gasteiger partial charge on any atom is 0.259 e. The molecule has 3 fully saturated rings. The van der Waals surface area contributed by atoms with Crippen molar-refractivity contribution in [1.29, 1.82) is 0 Å². The number of ether oxygens (including phenoxy) is 1. The van der Waals surface area contributed by atoms with Crippen LogP contribution in [0.15, 0.2) is 34.2 Å². The number of amidine groups is 1. The highest BCUT2D eigenvalue weighted by atomic mass is 32.2. The lowest BCUT2D eigenvalue weighted by atomic mass is 9.96. The number of rotatable bonds is 4. The lowest BCUT2D eigenvalue weighted by Crippen LogP contribution is -2.40. The third kappa shape index (κ3) is 4.74. The minimum Gasteiger partial charge on any atom is -0.379 e. The summed E-state index contributed by atoms with van der Waals surface area (Å²) in [6.07, 6.45) is 5.80. The van der Waals surface area contributed by atoms with Crippen LogP contribution in [-0.4, -0.2) is 72.8 Å². The van der Waals surface area contributed by atoms with Gasteiger partial charge in [0, 0.05) is 30.4 Å². The monoisotopic (exact) mass is 451 g/mol. The molecule has 1 aliphatic carbocycles. The van der Waals surface area contributed by atoms with Crippen molar-refractivity contribution >= 4 is 32.9 Å². The molecule has 1 saturated carbocycles. The summed E-state index contributed by atoms with van der Waals surface area (Å²) in [5.41, 5.74) is 0.385. The van der Waals surface area contributed by atoms with Gasteiger partial charge in [0.15, 0.2) is 5.17 Å². The number of carbonyl (C=O) groups is 1. The molecule has 4 rings (SSSR count). The van der Waals surface area contributed by atoms with E-state index in [2.05, 4.69) is 6.92 Å². The summed E-state index contributed by atoms with van der Waals surface area (Å²) in [6, 6.07) is 6.67. The zero-order chi connectivity index (χ0) is 21.1. The van der Waals surface area contributed by atoms with Crippen molar-refractivity contribution < 1.29 is 17.9 Å². The van der Waals surface area contributed by atoms with Gasteiger partial charge in [-0.25, -0.2) is 8.42 Å². The van der Waals surface area contributed by atoms with E-state index in [1.807, 2.05) is 0 Å². The van der Waals surface area contributed by atoms with E-state index in [4.69, 9.17) is 9.73 Å². The van der Waals surface area contributed by atoms with E-state index in [1.165, 1.54) is 29.6 Å². The van der Waals surface area contributed by atoms with Crippen LogP contribution >= 0.6 is 11.8 Å². The molecule has 9 heteroatoms. The van der Waals surface area contributed by atoms with Gasteiger partial charge in [0.1, 0.15) is 0 Å². The van der Waals surface area contributed by atoms with Gasteiger partial charge in [-0.05, 0) is 31.0 Å². The number of amides is 1. The highest BCUT2D eigenvalue weighted by Crippen LogP contribution is 2.30. The number of aliphatic imine (C=N–C) groups is 1. The molecule has 30 heavy (non-hydrogen) atoms. The van der Waals surface area contributed by atoms with E-state index in [0.29, 0.717) is 38.4 Å². The molecule has 0 radical (unpaired) electrons. The Kier molecular flexibility index (Phi) is 6.81. The van der Waals surface area contributed by atoms with Crippen molar-refractivity contribution in [2.75, 3.05) is 32.8 Å². The summed E-state index contributed by atoms with van der Waals surface area (Å²) >= 11 is 1.64. The summed E-state index contributed by atoms with van der Waals surface area (Å²) in [5.74, 6) is -0.180. The Labute approximate surface area is 182 Å². The zero-order valence-electron chi connectivity index (χ0n) is 17.3. The van der Waals surface area contributed by atoms with Gasteiger partial charge in [0.2, 0.25) is 10.0 Å². The van der Waals surface area contributed by atoms with Gasteiger partial charge in [0.05, 0.1) is 24.2 Å². The summed E-state index contributed by atoms with van der Waals surface area (Å²) in [5, 5.41) is 1.05. The van der Waals surface area contributed by atoms with Crippen LogP contribution in [0.4, 0.5) is 0 Å². The Hall–Kier alpha value is -1.42. The predicted octanol–water partition coefficient (Wildman–Crippen LogP) is 2.97. The SMILES string of the molecule is CC1CN(C(=O)c2cccc(S(=O)(=O)N3CCOCC3)c2)C(=NC2CCCCC2)S1. The number of morpholine rings is 1. The van der Waals surface area contributed by atoms with E-state index >= 15 is 0 Å². The second-order valence-electron chi connectivity index (χ2n) is 8.09. The van der Waals surface area contributed by atoms with Gasteiger partial charge < -0.3 is 4.74 Å². The lowest BCUT2D eigenvalue weighted by molar-refractivity contribution is 0.0730. The van der Waals surface area contributed by atoms with Crippen LogP contribution in [0, 0.1) is 0 Å². The molecule has 0 aromatic heterocycles. The van der Waals surface area contributed by atoms with E-state index in [-0.39, 0.29) is 22.1 Å². The fourth-order valence-electron chi connectivity index (χ4n) is 4.13. The van der Waals surface area contributed by atoms with Crippen LogP contribution in [-0.2, 0) is 14.8 Å². The standard InChI is InChI=1S/C21H29N3O4S2/c1-16-15-24(21(29-16)22-18-7-3-2-4-8-18)20(25)17-6-5-9-19(14-17)30(26,27)23-10-12-28-13-11-23/h5-6,9,14,16,18H,2-4,7-8,10-13,15H2,1H3. The molecule has 0 bridgehead atoms. The number of thioether (sulfide) groups is 1. The van der Waals surface area contributed by atoms with Crippen LogP contribution in [0.2, 0.25) is 0 Å². The molecule has 1 aromatic carbocycles. The molecule has 164 valence electrons. The second-order valence-corrected chi connectivity index (χ2v) is 11.4. The van der Waals surface area contributed by atoms with E-state index in [1.54, 1.807) is 34.9 Å². The van der Waals surface area contributed by atoms with E-state index in [0.717, 1.165) is 18.0 Å². The van der Waals surface area contributed by atoms with Gasteiger partial charge >= 0.3 is 0 Å². The van der Waals surface area contributed by atoms with Crippen molar-refractivity contribution in [3.8, 4) is 0 Å². The largest absolute Gasteiger partial charge is 0.379 e. The third-order valence-electron chi connectivity index (χ3n) is 5.78. The first-order valence-corrected chi connectivity index (χ1v) is 13.0. The van der Waals surface area contributed by atoms with Crippen molar-refractivity contribution in [2.24, 2.45) is 4.99 Å². The van der Waals surface area contributed by atoms with Crippen LogP contribution in [0.25, 0.3) is 0 Å². The molecule has 0 spiro atoms. The molecule has 2 aliphatic heterocycles. The number of carbonyl (C=O) groups excluding carboxylic acids is 1. The fourth-order valence-corrected chi connectivity index (χ4v) is 6.67. The Morgan fingerprint density at radius 2 is 1.90 bits per heavy atom. The van der Waals surface area contributed by atoms with Gasteiger partial charge in [-0.15, -0.1) is 0 Å². The summed E-state index contributed by atoms with van der Waals surface area (Å²) in [6.45, 7) is 4.13. The van der Waals surface area contributed by atoms with Gasteiger partial charge in [-0.2, -0.15) is 4.31 Å². The first kappa shape index (κ1) is 21.8. The lowest BCUT2D eigenvalue weighted by Gasteiger charge is -2.26. The number of hydrogen-bond acceptors (Lipinski definition) is 6.